The van der Waals surface area contributed by atoms with Crippen molar-refractivity contribution in [2.75, 3.05) is 5.73 Å². The predicted octanol–water partition coefficient (Wildman–Crippen LogP) is 2.57. The third kappa shape index (κ3) is 1.93. The van der Waals surface area contributed by atoms with E-state index in [1.807, 2.05) is 24.3 Å². The summed E-state index contributed by atoms with van der Waals surface area (Å²) in [6.45, 7) is 0.255. The standard InChI is InChI=1S/C15H12ClN5/c16-12-4-2-1-3-9(12)14-10(7-17)13-5-6-20-21(13)15(19)11(14)8-18/h1-6H,7,17,19H2. The van der Waals surface area contributed by atoms with Gasteiger partial charge in [0, 0.05) is 28.3 Å². The number of pyridine rings is 1. The summed E-state index contributed by atoms with van der Waals surface area (Å²) < 4.78 is 1.53. The van der Waals surface area contributed by atoms with Crippen molar-refractivity contribution in [1.29, 1.82) is 5.26 Å². The molecule has 0 fully saturated rings. The molecule has 0 saturated heterocycles. The van der Waals surface area contributed by atoms with Crippen LogP contribution in [0.1, 0.15) is 11.1 Å². The monoisotopic (exact) mass is 297 g/mol. The van der Waals surface area contributed by atoms with Gasteiger partial charge in [0.15, 0.2) is 0 Å². The fraction of sp³-hybridized carbons (Fsp3) is 0.0667. The van der Waals surface area contributed by atoms with Crippen LogP contribution in [0.5, 0.6) is 0 Å². The van der Waals surface area contributed by atoms with Gasteiger partial charge in [-0.25, -0.2) is 4.52 Å². The molecule has 0 amide bonds. The molecule has 0 saturated carbocycles. The van der Waals surface area contributed by atoms with Crippen LogP contribution < -0.4 is 11.5 Å². The molecule has 0 aliphatic heterocycles. The quantitative estimate of drug-likeness (QED) is 0.760. The highest BCUT2D eigenvalue weighted by atomic mass is 35.5. The van der Waals surface area contributed by atoms with Gasteiger partial charge in [-0.2, -0.15) is 10.4 Å². The maximum absolute atomic E-state index is 9.51. The van der Waals surface area contributed by atoms with Crippen LogP contribution in [0.2, 0.25) is 5.02 Å². The zero-order valence-corrected chi connectivity index (χ0v) is 11.8. The Labute approximate surface area is 126 Å². The SMILES string of the molecule is N#Cc1c(-c2ccccc2Cl)c(CN)c2ccnn2c1N. The minimum Gasteiger partial charge on any atom is -0.383 e. The van der Waals surface area contributed by atoms with E-state index in [-0.39, 0.29) is 12.4 Å². The second-order valence-corrected chi connectivity index (χ2v) is 4.95. The fourth-order valence-corrected chi connectivity index (χ4v) is 2.75. The maximum Gasteiger partial charge on any atom is 0.144 e. The molecule has 0 spiro atoms. The summed E-state index contributed by atoms with van der Waals surface area (Å²) in [6, 6.07) is 11.3. The number of benzene rings is 1. The number of fused-ring (bicyclic) bond motifs is 1. The zero-order valence-electron chi connectivity index (χ0n) is 11.0. The highest BCUT2D eigenvalue weighted by Crippen LogP contribution is 2.37. The van der Waals surface area contributed by atoms with Crippen LogP contribution >= 0.6 is 11.6 Å². The first kappa shape index (κ1) is 13.4. The first-order valence-electron chi connectivity index (χ1n) is 6.32. The van der Waals surface area contributed by atoms with Gasteiger partial charge in [-0.05, 0) is 12.1 Å². The third-order valence-electron chi connectivity index (χ3n) is 3.45. The lowest BCUT2D eigenvalue weighted by Gasteiger charge is -2.15. The number of nitrogens with zero attached hydrogens (tertiary/aromatic N) is 3. The lowest BCUT2D eigenvalue weighted by atomic mass is 9.95. The second-order valence-electron chi connectivity index (χ2n) is 4.54. The van der Waals surface area contributed by atoms with E-state index < -0.39 is 0 Å². The van der Waals surface area contributed by atoms with Crippen LogP contribution in [-0.2, 0) is 6.54 Å². The van der Waals surface area contributed by atoms with Crippen LogP contribution in [0.4, 0.5) is 5.82 Å². The minimum absolute atomic E-state index is 0.255. The van der Waals surface area contributed by atoms with E-state index in [1.54, 1.807) is 12.3 Å². The predicted molar refractivity (Wildman–Crippen MR) is 82.7 cm³/mol. The van der Waals surface area contributed by atoms with E-state index in [1.165, 1.54) is 4.52 Å². The Balaban J connectivity index is 2.52. The highest BCUT2D eigenvalue weighted by molar-refractivity contribution is 6.33. The molecule has 0 radical (unpaired) electrons. The van der Waals surface area contributed by atoms with Gasteiger partial charge in [-0.1, -0.05) is 29.8 Å². The van der Waals surface area contributed by atoms with E-state index in [9.17, 15) is 5.26 Å². The number of nitriles is 1. The Hall–Kier alpha value is -2.55. The topological polar surface area (TPSA) is 93.1 Å². The summed E-state index contributed by atoms with van der Waals surface area (Å²) >= 11 is 6.28. The van der Waals surface area contributed by atoms with Gasteiger partial charge in [-0.15, -0.1) is 0 Å². The first-order chi connectivity index (χ1) is 10.2. The van der Waals surface area contributed by atoms with Gasteiger partial charge in [0.05, 0.1) is 11.7 Å². The molecular weight excluding hydrogens is 286 g/mol. The van der Waals surface area contributed by atoms with Crippen LogP contribution in [0, 0.1) is 11.3 Å². The average Bonchev–Trinajstić information content (AvgIpc) is 2.97. The summed E-state index contributed by atoms with van der Waals surface area (Å²) in [6.07, 6.45) is 1.63. The van der Waals surface area contributed by atoms with Gasteiger partial charge < -0.3 is 11.5 Å². The molecule has 104 valence electrons. The molecule has 4 N–H and O–H groups in total. The van der Waals surface area contributed by atoms with Crippen LogP contribution in [0.25, 0.3) is 16.6 Å². The zero-order chi connectivity index (χ0) is 15.0. The highest BCUT2D eigenvalue weighted by Gasteiger charge is 2.20. The summed E-state index contributed by atoms with van der Waals surface area (Å²) in [7, 11) is 0. The molecule has 3 rings (SSSR count). The molecule has 2 aromatic heterocycles. The molecule has 0 aliphatic rings. The summed E-state index contributed by atoms with van der Waals surface area (Å²) in [4.78, 5) is 0. The minimum atomic E-state index is 0.255. The lowest BCUT2D eigenvalue weighted by Crippen LogP contribution is -2.10. The van der Waals surface area contributed by atoms with Crippen molar-refractivity contribution in [1.82, 2.24) is 9.61 Å². The van der Waals surface area contributed by atoms with Crippen molar-refractivity contribution in [3.05, 3.63) is 52.7 Å². The Morgan fingerprint density at radius 1 is 1.29 bits per heavy atom. The van der Waals surface area contributed by atoms with Gasteiger partial charge >= 0.3 is 0 Å². The average molecular weight is 298 g/mol. The van der Waals surface area contributed by atoms with Crippen LogP contribution in [0.3, 0.4) is 0 Å². The molecule has 0 aliphatic carbocycles. The fourth-order valence-electron chi connectivity index (χ4n) is 2.52. The number of rotatable bonds is 2. The van der Waals surface area contributed by atoms with Crippen molar-refractivity contribution in [2.45, 2.75) is 6.54 Å². The molecule has 3 aromatic rings. The van der Waals surface area contributed by atoms with Crippen molar-refractivity contribution in [2.24, 2.45) is 5.73 Å². The molecule has 0 bridgehead atoms. The number of halogens is 1. The van der Waals surface area contributed by atoms with E-state index in [2.05, 4.69) is 11.2 Å². The van der Waals surface area contributed by atoms with Gasteiger partial charge in [-0.3, -0.25) is 0 Å². The van der Waals surface area contributed by atoms with Gasteiger partial charge in [0.1, 0.15) is 17.5 Å². The third-order valence-corrected chi connectivity index (χ3v) is 3.78. The normalized spacial score (nSPS) is 10.7. The van der Waals surface area contributed by atoms with E-state index >= 15 is 0 Å². The molecular formula is C15H12ClN5. The molecule has 5 nitrogen and oxygen atoms in total. The van der Waals surface area contributed by atoms with Gasteiger partial charge in [0.2, 0.25) is 0 Å². The van der Waals surface area contributed by atoms with Crippen molar-refractivity contribution >= 4 is 22.9 Å². The van der Waals surface area contributed by atoms with Crippen LogP contribution in [0.15, 0.2) is 36.5 Å². The number of nitrogens with two attached hydrogens (primary N) is 2. The Morgan fingerprint density at radius 3 is 2.71 bits per heavy atom. The maximum atomic E-state index is 9.51. The number of hydrogen-bond donors (Lipinski definition) is 2. The van der Waals surface area contributed by atoms with E-state index in [4.69, 9.17) is 23.1 Å². The Kier molecular flexibility index (Phi) is 3.26. The smallest absolute Gasteiger partial charge is 0.144 e. The lowest BCUT2D eigenvalue weighted by molar-refractivity contribution is 0.950. The second kappa shape index (κ2) is 5.09. The van der Waals surface area contributed by atoms with Crippen LogP contribution in [-0.4, -0.2) is 9.61 Å². The summed E-state index contributed by atoms with van der Waals surface area (Å²) in [5.41, 5.74) is 15.3. The summed E-state index contributed by atoms with van der Waals surface area (Å²) in [5.74, 6) is 0.282. The molecule has 21 heavy (non-hydrogen) atoms. The largest absolute Gasteiger partial charge is 0.383 e. The molecule has 1 aromatic carbocycles. The van der Waals surface area contributed by atoms with Crippen molar-refractivity contribution in [3.63, 3.8) is 0 Å². The molecule has 6 heteroatoms. The molecule has 0 atom stereocenters. The number of hydrogen-bond acceptors (Lipinski definition) is 4. The Bertz CT molecular complexity index is 876. The van der Waals surface area contributed by atoms with Gasteiger partial charge in [0.25, 0.3) is 0 Å². The molecule has 2 heterocycles. The number of aromatic nitrogens is 2. The summed E-state index contributed by atoms with van der Waals surface area (Å²) in [5, 5.41) is 14.2. The van der Waals surface area contributed by atoms with Crippen molar-refractivity contribution < 1.29 is 0 Å². The number of anilines is 1. The number of nitrogen functional groups attached to an aromatic ring is 1. The van der Waals surface area contributed by atoms with Crippen molar-refractivity contribution in [3.8, 4) is 17.2 Å². The van der Waals surface area contributed by atoms with E-state index in [0.717, 1.165) is 16.6 Å². The molecule has 0 unspecified atom stereocenters. The first-order valence-corrected chi connectivity index (χ1v) is 6.70. The Morgan fingerprint density at radius 2 is 2.05 bits per heavy atom. The van der Waals surface area contributed by atoms with E-state index in [0.29, 0.717) is 16.1 Å².